The van der Waals surface area contributed by atoms with Crippen LogP contribution in [0, 0.1) is 0 Å². The Hall–Kier alpha value is -2.80. The van der Waals surface area contributed by atoms with Gasteiger partial charge in [0.25, 0.3) is 5.56 Å². The van der Waals surface area contributed by atoms with Gasteiger partial charge in [0.05, 0.1) is 7.98 Å². The van der Waals surface area contributed by atoms with Crippen LogP contribution in [0.3, 0.4) is 0 Å². The molecule has 0 spiro atoms. The molecule has 0 aliphatic carbocycles. The first kappa shape index (κ1) is 23.4. The highest BCUT2D eigenvalue weighted by molar-refractivity contribution is 7.52. The summed E-state index contributed by atoms with van der Waals surface area (Å²) < 4.78 is 38.0. The highest BCUT2D eigenvalue weighted by Crippen LogP contribution is 2.46. The minimum absolute atomic E-state index is 0.104. The van der Waals surface area contributed by atoms with Gasteiger partial charge in [0, 0.05) is 12.2 Å². The van der Waals surface area contributed by atoms with Gasteiger partial charge < -0.3 is 24.6 Å². The smallest absolute Gasteiger partial charge is 0.459 e. The van der Waals surface area contributed by atoms with Gasteiger partial charge in [0.15, 0.2) is 6.23 Å². The largest absolute Gasteiger partial charge is 0.480 e. The number of carboxylic acid groups (broad SMARTS) is 1. The summed E-state index contributed by atoms with van der Waals surface area (Å²) in [6.45, 7) is 1.69. The number of benzene rings is 1. The third kappa shape index (κ3) is 5.58. The number of H-pyrrole nitrogens is 1. The molecule has 1 aromatic carbocycles. The Morgan fingerprint density at radius 2 is 2.06 bits per heavy atom. The molecule has 180 valence electrons. The van der Waals surface area contributed by atoms with E-state index in [9.17, 15) is 29.2 Å². The van der Waals surface area contributed by atoms with Crippen LogP contribution in [0.5, 0.6) is 5.75 Å². The second kappa shape index (κ2) is 9.59. The average molecular weight is 486 g/mol. The van der Waals surface area contributed by atoms with Crippen LogP contribution in [0.2, 0.25) is 0 Å². The van der Waals surface area contributed by atoms with Crippen molar-refractivity contribution in [2.24, 2.45) is 0 Å². The Balaban J connectivity index is 1.84. The van der Waals surface area contributed by atoms with E-state index in [2.05, 4.69) is 5.09 Å². The number of hydrogen-bond donors (Lipinski definition) is 5. The Kier molecular flexibility index (Phi) is 6.79. The van der Waals surface area contributed by atoms with Gasteiger partial charge >= 0.3 is 19.4 Å². The van der Waals surface area contributed by atoms with Crippen molar-refractivity contribution in [1.82, 2.24) is 14.6 Å². The van der Waals surface area contributed by atoms with E-state index in [1.54, 1.807) is 18.2 Å². The summed E-state index contributed by atoms with van der Waals surface area (Å²) in [5.74, 6) is -1.23. The van der Waals surface area contributed by atoms with Crippen molar-refractivity contribution in [3.63, 3.8) is 0 Å². The molecule has 6 atom stereocenters. The van der Waals surface area contributed by atoms with Crippen molar-refractivity contribution < 1.29 is 39.8 Å². The van der Waals surface area contributed by atoms with E-state index in [4.69, 9.17) is 20.3 Å². The number of aliphatic hydroxyl groups is 2. The fourth-order valence-electron chi connectivity index (χ4n) is 3.09. The summed E-state index contributed by atoms with van der Waals surface area (Å²) in [7, 11) is -4.35. The topological polar surface area (TPSA) is 189 Å². The number of hydrogen-bond acceptors (Lipinski definition) is 9. The lowest BCUT2D eigenvalue weighted by molar-refractivity contribution is -0.138. The number of carboxylic acids is 1. The van der Waals surface area contributed by atoms with Crippen LogP contribution in [-0.2, 0) is 18.6 Å². The summed E-state index contributed by atoms with van der Waals surface area (Å²) in [6, 6.07) is 7.22. The quantitative estimate of drug-likeness (QED) is 0.295. The van der Waals surface area contributed by atoms with Crippen LogP contribution in [0.15, 0.2) is 52.2 Å². The van der Waals surface area contributed by atoms with Crippen LogP contribution in [-0.4, -0.2) is 61.3 Å². The van der Waals surface area contributed by atoms with Crippen LogP contribution >= 0.6 is 7.75 Å². The third-order valence-electron chi connectivity index (χ3n) is 4.87. The van der Waals surface area contributed by atoms with E-state index in [1.165, 1.54) is 19.1 Å². The maximum atomic E-state index is 13.3. The third-order valence-corrected chi connectivity index (χ3v) is 6.52. The van der Waals surface area contributed by atoms with Crippen molar-refractivity contribution in [1.29, 1.82) is 0 Å². The average Bonchev–Trinajstić information content (AvgIpc) is 2.96. The lowest BCUT2D eigenvalue weighted by Crippen LogP contribution is -2.47. The van der Waals surface area contributed by atoms with E-state index < -0.39 is 67.8 Å². The number of aliphatic hydroxyl groups excluding tert-OH is 1. The molecule has 1 aromatic heterocycles. The Morgan fingerprint density at radius 3 is 2.67 bits per heavy atom. The molecule has 0 radical (unpaired) electrons. The first-order valence-electron chi connectivity index (χ1n) is 10.2. The number of aromatic nitrogens is 2. The minimum atomic E-state index is -4.35. The van der Waals surface area contributed by atoms with E-state index in [-0.39, 0.29) is 5.75 Å². The molecule has 0 saturated carbocycles. The molecule has 1 saturated heterocycles. The van der Waals surface area contributed by atoms with Crippen LogP contribution in [0.4, 0.5) is 0 Å². The zero-order valence-corrected chi connectivity index (χ0v) is 18.5. The predicted octanol–water partition coefficient (Wildman–Crippen LogP) is -0.188. The number of nitrogens with zero attached hydrogens (tertiary/aromatic N) is 1. The molecule has 33 heavy (non-hydrogen) atoms. The molecule has 1 aliphatic rings. The standard InChI is InChI=1S/C19H24N3O10P/c1-11(16(25)26)21-33(29,32-12-6-4-3-5-7-12)30-10-13-15(24)19(2,28)17(31-13)22-9-8-14(23)20-18(22)27/h3-9,11,13,15,17,24,28H,10H2,1-2H3,(H,21,29)(H,25,26)(H,20,23,27)/t11?,13-,15-,17-,19-,33+/m1/s1/i9D. The van der Waals surface area contributed by atoms with E-state index in [0.717, 1.165) is 13.0 Å². The Morgan fingerprint density at radius 1 is 1.39 bits per heavy atom. The molecular weight excluding hydrogens is 461 g/mol. The number of para-hydroxylation sites is 1. The van der Waals surface area contributed by atoms with Crippen LogP contribution in [0.1, 0.15) is 21.4 Å². The molecular formula is C19H24N3O10P. The monoisotopic (exact) mass is 486 g/mol. The van der Waals surface area contributed by atoms with Crippen LogP contribution in [0.25, 0.3) is 0 Å². The lowest BCUT2D eigenvalue weighted by Gasteiger charge is -2.27. The van der Waals surface area contributed by atoms with Gasteiger partial charge in [-0.3, -0.25) is 23.7 Å². The number of carbonyl (C=O) groups is 1. The molecule has 0 bridgehead atoms. The molecule has 1 unspecified atom stereocenters. The maximum absolute atomic E-state index is 13.3. The summed E-state index contributed by atoms with van der Waals surface area (Å²) in [6.07, 6.45) is -5.26. The van der Waals surface area contributed by atoms with E-state index >= 15 is 0 Å². The Labute approximate surface area is 188 Å². The number of nitrogens with one attached hydrogen (secondary N) is 2. The number of aromatic amines is 1. The summed E-state index contributed by atoms with van der Waals surface area (Å²) in [4.78, 5) is 36.8. The Bertz CT molecular complexity index is 1200. The van der Waals surface area contributed by atoms with Gasteiger partial charge in [-0.2, -0.15) is 5.09 Å². The highest BCUT2D eigenvalue weighted by Gasteiger charge is 2.54. The summed E-state index contributed by atoms with van der Waals surface area (Å²) >= 11 is 0. The molecule has 14 heteroatoms. The van der Waals surface area contributed by atoms with Gasteiger partial charge in [0.1, 0.15) is 29.6 Å². The maximum Gasteiger partial charge on any atom is 0.459 e. The molecule has 2 heterocycles. The predicted molar refractivity (Wildman–Crippen MR) is 113 cm³/mol. The van der Waals surface area contributed by atoms with Crippen molar-refractivity contribution >= 4 is 13.7 Å². The highest BCUT2D eigenvalue weighted by atomic mass is 31.2. The van der Waals surface area contributed by atoms with Crippen molar-refractivity contribution in [2.75, 3.05) is 6.61 Å². The number of aliphatic carboxylic acids is 1. The van der Waals surface area contributed by atoms with Gasteiger partial charge in [-0.25, -0.2) is 9.36 Å². The molecule has 2 aromatic rings. The number of rotatable bonds is 9. The van der Waals surface area contributed by atoms with Gasteiger partial charge in [0.2, 0.25) is 0 Å². The minimum Gasteiger partial charge on any atom is -0.480 e. The van der Waals surface area contributed by atoms with Crippen LogP contribution < -0.4 is 20.9 Å². The fraction of sp³-hybridized carbons (Fsp3) is 0.421. The number of ether oxygens (including phenoxy) is 1. The molecule has 0 amide bonds. The normalized spacial score (nSPS) is 28.0. The van der Waals surface area contributed by atoms with Gasteiger partial charge in [-0.15, -0.1) is 0 Å². The lowest BCUT2D eigenvalue weighted by atomic mass is 9.96. The van der Waals surface area contributed by atoms with Crippen molar-refractivity contribution in [3.05, 3.63) is 63.4 Å². The van der Waals surface area contributed by atoms with Crippen molar-refractivity contribution in [2.45, 2.75) is 43.9 Å². The second-order valence-electron chi connectivity index (χ2n) is 7.52. The van der Waals surface area contributed by atoms with Gasteiger partial charge in [-0.05, 0) is 26.0 Å². The molecule has 3 rings (SSSR count). The molecule has 1 fully saturated rings. The SMILES string of the molecule is [2H]c1cc(=O)[nH]c(=O)n1[C@@H]1O[C@H](CO[P@@](=O)(NC(C)C(=O)O)Oc2ccccc2)[C@@H](O)[C@@]1(C)O. The fourth-order valence-corrected chi connectivity index (χ4v) is 4.60. The summed E-state index contributed by atoms with van der Waals surface area (Å²) in [5.41, 5.74) is -4.01. The van der Waals surface area contributed by atoms with E-state index in [1.807, 2.05) is 4.98 Å². The molecule has 1 aliphatic heterocycles. The molecule has 13 nitrogen and oxygen atoms in total. The zero-order valence-electron chi connectivity index (χ0n) is 18.6. The first-order chi connectivity index (χ1) is 15.8. The van der Waals surface area contributed by atoms with Crippen molar-refractivity contribution in [3.8, 4) is 5.75 Å². The molecule has 5 N–H and O–H groups in total. The zero-order chi connectivity index (χ0) is 25.3. The second-order valence-corrected chi connectivity index (χ2v) is 9.22. The summed E-state index contributed by atoms with van der Waals surface area (Å²) in [5, 5.41) is 32.8. The first-order valence-corrected chi connectivity index (χ1v) is 11.3. The van der Waals surface area contributed by atoms with E-state index in [0.29, 0.717) is 4.57 Å². The van der Waals surface area contributed by atoms with Gasteiger partial charge in [-0.1, -0.05) is 18.2 Å².